The van der Waals surface area contributed by atoms with Crippen molar-refractivity contribution < 1.29 is 0 Å². The Hall–Kier alpha value is 0.250. The van der Waals surface area contributed by atoms with Crippen LogP contribution in [0.3, 0.4) is 0 Å². The van der Waals surface area contributed by atoms with Crippen molar-refractivity contribution >= 4 is 11.6 Å². The SMILES string of the molecule is CCCN(CCCCl)CC1CC1. The van der Waals surface area contributed by atoms with Gasteiger partial charge in [0.05, 0.1) is 0 Å². The van der Waals surface area contributed by atoms with Crippen molar-refractivity contribution in [3.05, 3.63) is 0 Å². The fourth-order valence-electron chi connectivity index (χ4n) is 1.56. The van der Waals surface area contributed by atoms with E-state index in [1.165, 1.54) is 38.9 Å². The Balaban J connectivity index is 2.07. The van der Waals surface area contributed by atoms with Gasteiger partial charge in [0.1, 0.15) is 0 Å². The first-order chi connectivity index (χ1) is 5.86. The van der Waals surface area contributed by atoms with E-state index in [-0.39, 0.29) is 0 Å². The molecule has 0 aromatic carbocycles. The summed E-state index contributed by atoms with van der Waals surface area (Å²) in [6.07, 6.45) is 5.34. The van der Waals surface area contributed by atoms with Crippen molar-refractivity contribution in [1.29, 1.82) is 0 Å². The van der Waals surface area contributed by atoms with Crippen LogP contribution in [0.15, 0.2) is 0 Å². The zero-order valence-electron chi connectivity index (χ0n) is 8.06. The summed E-state index contributed by atoms with van der Waals surface area (Å²) in [7, 11) is 0. The zero-order chi connectivity index (χ0) is 8.81. The number of nitrogens with zero attached hydrogens (tertiary/aromatic N) is 1. The summed E-state index contributed by atoms with van der Waals surface area (Å²) in [5, 5.41) is 0. The van der Waals surface area contributed by atoms with Crippen LogP contribution in [0.2, 0.25) is 0 Å². The third-order valence-corrected chi connectivity index (χ3v) is 2.63. The van der Waals surface area contributed by atoms with Gasteiger partial charge in [-0.05, 0) is 44.7 Å². The highest BCUT2D eigenvalue weighted by Gasteiger charge is 2.23. The molecule has 1 rings (SSSR count). The molecule has 0 aromatic rings. The highest BCUT2D eigenvalue weighted by atomic mass is 35.5. The molecule has 0 N–H and O–H groups in total. The van der Waals surface area contributed by atoms with Gasteiger partial charge in [0.2, 0.25) is 0 Å². The van der Waals surface area contributed by atoms with Crippen LogP contribution in [0, 0.1) is 5.92 Å². The number of alkyl halides is 1. The second-order valence-corrected chi connectivity index (χ2v) is 4.16. The van der Waals surface area contributed by atoms with E-state index in [4.69, 9.17) is 11.6 Å². The third kappa shape index (κ3) is 4.32. The smallest absolute Gasteiger partial charge is 0.0235 e. The van der Waals surface area contributed by atoms with Gasteiger partial charge in [-0.3, -0.25) is 0 Å². The minimum absolute atomic E-state index is 0.810. The lowest BCUT2D eigenvalue weighted by Crippen LogP contribution is -2.28. The summed E-state index contributed by atoms with van der Waals surface area (Å²) in [6.45, 7) is 6.03. The van der Waals surface area contributed by atoms with Crippen molar-refractivity contribution in [3.8, 4) is 0 Å². The molecule has 12 heavy (non-hydrogen) atoms. The third-order valence-electron chi connectivity index (χ3n) is 2.36. The maximum Gasteiger partial charge on any atom is 0.0235 e. The lowest BCUT2D eigenvalue weighted by molar-refractivity contribution is 0.264. The molecule has 0 unspecified atom stereocenters. The maximum atomic E-state index is 5.67. The molecule has 1 aliphatic carbocycles. The summed E-state index contributed by atoms with van der Waals surface area (Å²) in [6, 6.07) is 0. The van der Waals surface area contributed by atoms with E-state index in [9.17, 15) is 0 Å². The van der Waals surface area contributed by atoms with Crippen LogP contribution in [0.25, 0.3) is 0 Å². The Morgan fingerprint density at radius 3 is 2.58 bits per heavy atom. The molecule has 1 nitrogen and oxygen atoms in total. The van der Waals surface area contributed by atoms with Crippen LogP contribution in [0.1, 0.15) is 32.6 Å². The second kappa shape index (κ2) is 5.82. The zero-order valence-corrected chi connectivity index (χ0v) is 8.82. The van der Waals surface area contributed by atoms with Crippen LogP contribution in [0.5, 0.6) is 0 Å². The first-order valence-corrected chi connectivity index (χ1v) is 5.68. The van der Waals surface area contributed by atoms with Crippen LogP contribution in [-0.2, 0) is 0 Å². The van der Waals surface area contributed by atoms with Crippen LogP contribution >= 0.6 is 11.6 Å². The van der Waals surface area contributed by atoms with E-state index in [1.807, 2.05) is 0 Å². The average Bonchev–Trinajstić information content (AvgIpc) is 2.84. The normalized spacial score (nSPS) is 17.2. The monoisotopic (exact) mass is 189 g/mol. The molecule has 0 bridgehead atoms. The van der Waals surface area contributed by atoms with Gasteiger partial charge in [-0.15, -0.1) is 11.6 Å². The van der Waals surface area contributed by atoms with E-state index in [0.29, 0.717) is 0 Å². The molecule has 72 valence electrons. The number of halogens is 1. The molecule has 0 heterocycles. The van der Waals surface area contributed by atoms with Crippen molar-refractivity contribution in [1.82, 2.24) is 4.90 Å². The average molecular weight is 190 g/mol. The molecule has 1 saturated carbocycles. The van der Waals surface area contributed by atoms with Gasteiger partial charge in [-0.2, -0.15) is 0 Å². The Morgan fingerprint density at radius 1 is 1.33 bits per heavy atom. The molecule has 0 atom stereocenters. The second-order valence-electron chi connectivity index (χ2n) is 3.79. The quantitative estimate of drug-likeness (QED) is 0.557. The molecular formula is C10H20ClN. The molecule has 2 heteroatoms. The predicted octanol–water partition coefficient (Wildman–Crippen LogP) is 2.74. The van der Waals surface area contributed by atoms with Gasteiger partial charge in [-0.25, -0.2) is 0 Å². The van der Waals surface area contributed by atoms with E-state index < -0.39 is 0 Å². The van der Waals surface area contributed by atoms with Crippen molar-refractivity contribution in [3.63, 3.8) is 0 Å². The highest BCUT2D eigenvalue weighted by molar-refractivity contribution is 6.17. The molecule has 1 aliphatic rings. The lowest BCUT2D eigenvalue weighted by atomic mass is 10.3. The number of hydrogen-bond donors (Lipinski definition) is 0. The van der Waals surface area contributed by atoms with Crippen LogP contribution < -0.4 is 0 Å². The van der Waals surface area contributed by atoms with Crippen LogP contribution in [-0.4, -0.2) is 30.4 Å². The molecule has 0 aromatic heterocycles. The Kier molecular flexibility index (Phi) is 5.01. The molecule has 0 spiro atoms. The first-order valence-electron chi connectivity index (χ1n) is 5.15. The van der Waals surface area contributed by atoms with Gasteiger partial charge >= 0.3 is 0 Å². The summed E-state index contributed by atoms with van der Waals surface area (Å²) in [5.41, 5.74) is 0. The summed E-state index contributed by atoms with van der Waals surface area (Å²) >= 11 is 5.67. The van der Waals surface area contributed by atoms with Gasteiger partial charge < -0.3 is 4.90 Å². The maximum absolute atomic E-state index is 5.67. The van der Waals surface area contributed by atoms with Gasteiger partial charge in [0, 0.05) is 12.4 Å². The standard InChI is InChI=1S/C10H20ClN/c1-2-7-12(8-3-6-11)9-10-4-5-10/h10H,2-9H2,1H3. The van der Waals surface area contributed by atoms with E-state index in [2.05, 4.69) is 11.8 Å². The van der Waals surface area contributed by atoms with E-state index in [0.717, 1.165) is 18.2 Å². The van der Waals surface area contributed by atoms with Gasteiger partial charge in [0.25, 0.3) is 0 Å². The largest absolute Gasteiger partial charge is 0.303 e. The summed E-state index contributed by atoms with van der Waals surface area (Å²) in [5.74, 6) is 1.83. The van der Waals surface area contributed by atoms with Gasteiger partial charge in [-0.1, -0.05) is 6.92 Å². The van der Waals surface area contributed by atoms with Crippen molar-refractivity contribution in [2.24, 2.45) is 5.92 Å². The molecule has 1 fully saturated rings. The predicted molar refractivity (Wildman–Crippen MR) is 54.8 cm³/mol. The molecule has 0 aliphatic heterocycles. The Bertz CT molecular complexity index is 112. The molecule has 0 radical (unpaired) electrons. The fraction of sp³-hybridized carbons (Fsp3) is 1.00. The summed E-state index contributed by atoms with van der Waals surface area (Å²) < 4.78 is 0. The highest BCUT2D eigenvalue weighted by Crippen LogP contribution is 2.29. The van der Waals surface area contributed by atoms with E-state index in [1.54, 1.807) is 0 Å². The van der Waals surface area contributed by atoms with Crippen molar-refractivity contribution in [2.75, 3.05) is 25.5 Å². The van der Waals surface area contributed by atoms with Crippen LogP contribution in [0.4, 0.5) is 0 Å². The van der Waals surface area contributed by atoms with E-state index >= 15 is 0 Å². The fourth-order valence-corrected chi connectivity index (χ4v) is 1.68. The van der Waals surface area contributed by atoms with Crippen molar-refractivity contribution in [2.45, 2.75) is 32.6 Å². The Morgan fingerprint density at radius 2 is 2.08 bits per heavy atom. The molecular weight excluding hydrogens is 170 g/mol. The molecule has 0 saturated heterocycles. The molecule has 0 amide bonds. The summed E-state index contributed by atoms with van der Waals surface area (Å²) in [4.78, 5) is 2.57. The first kappa shape index (κ1) is 10.3. The topological polar surface area (TPSA) is 3.24 Å². The number of hydrogen-bond acceptors (Lipinski definition) is 1. The number of rotatable bonds is 7. The lowest BCUT2D eigenvalue weighted by Gasteiger charge is -2.20. The Labute approximate surface area is 81.1 Å². The minimum atomic E-state index is 0.810. The minimum Gasteiger partial charge on any atom is -0.303 e. The van der Waals surface area contributed by atoms with Gasteiger partial charge in [0.15, 0.2) is 0 Å².